The molecule has 2 aromatic rings. The Balaban J connectivity index is 1.56. The Bertz CT molecular complexity index is 709. The highest BCUT2D eigenvalue weighted by Crippen LogP contribution is 2.33. The van der Waals surface area contributed by atoms with E-state index in [2.05, 4.69) is 28.8 Å². The van der Waals surface area contributed by atoms with Crippen molar-refractivity contribution in [2.45, 2.75) is 41.9 Å². The molecule has 4 heteroatoms. The molecule has 1 aliphatic rings. The number of carbonyl (C=O) groups excluding carboxylic acids is 1. The van der Waals surface area contributed by atoms with E-state index in [1.54, 1.807) is 18.0 Å². The Morgan fingerprint density at radius 1 is 0.960 bits per heavy atom. The van der Waals surface area contributed by atoms with Gasteiger partial charge in [-0.2, -0.15) is 0 Å². The van der Waals surface area contributed by atoms with E-state index in [-0.39, 0.29) is 6.03 Å². The van der Waals surface area contributed by atoms with Crippen molar-refractivity contribution in [3.05, 3.63) is 66.9 Å². The molecule has 25 heavy (non-hydrogen) atoms. The fraction of sp³-hybridized carbons (Fsp3) is 0.286. The van der Waals surface area contributed by atoms with Crippen LogP contribution < -0.4 is 10.6 Å². The van der Waals surface area contributed by atoms with Gasteiger partial charge in [-0.3, -0.25) is 0 Å². The minimum Gasteiger partial charge on any atom is -0.315 e. The van der Waals surface area contributed by atoms with Crippen LogP contribution in [0, 0.1) is 5.92 Å². The Morgan fingerprint density at radius 3 is 2.48 bits per heavy atom. The molecule has 0 aliphatic heterocycles. The topological polar surface area (TPSA) is 41.1 Å². The van der Waals surface area contributed by atoms with Crippen LogP contribution in [0.4, 0.5) is 10.5 Å². The molecule has 0 atom stereocenters. The maximum atomic E-state index is 12.2. The molecule has 0 saturated heterocycles. The lowest BCUT2D eigenvalue weighted by molar-refractivity contribution is 0.255. The molecular weight excluding hydrogens is 328 g/mol. The molecule has 2 amide bonds. The molecule has 2 aromatic carbocycles. The van der Waals surface area contributed by atoms with Crippen LogP contribution in [0.2, 0.25) is 0 Å². The third-order valence-electron chi connectivity index (χ3n) is 4.34. The quantitative estimate of drug-likeness (QED) is 0.687. The average molecular weight is 353 g/mol. The smallest absolute Gasteiger partial charge is 0.315 e. The molecule has 2 N–H and O–H groups in total. The summed E-state index contributed by atoms with van der Waals surface area (Å²) in [6.07, 6.45) is 10.3. The lowest BCUT2D eigenvalue weighted by Gasteiger charge is -2.17. The van der Waals surface area contributed by atoms with Crippen LogP contribution in [0.5, 0.6) is 0 Å². The highest BCUT2D eigenvalue weighted by atomic mass is 32.2. The van der Waals surface area contributed by atoms with Crippen LogP contribution in [0.25, 0.3) is 0 Å². The second-order valence-electron chi connectivity index (χ2n) is 6.27. The normalized spacial score (nSPS) is 15.2. The third kappa shape index (κ3) is 5.68. The summed E-state index contributed by atoms with van der Waals surface area (Å²) < 4.78 is 0. The van der Waals surface area contributed by atoms with Gasteiger partial charge < -0.3 is 10.6 Å². The average Bonchev–Trinajstić information content (AvgIpc) is 2.65. The van der Waals surface area contributed by atoms with Gasteiger partial charge >= 0.3 is 6.03 Å². The van der Waals surface area contributed by atoms with Gasteiger partial charge in [-0.05, 0) is 43.0 Å². The molecule has 0 spiro atoms. The predicted molar refractivity (Wildman–Crippen MR) is 105 cm³/mol. The SMILES string of the molecule is O=C(N/C=C/C1CCCCC1)Nc1ccccc1Sc1ccccc1. The summed E-state index contributed by atoms with van der Waals surface area (Å²) >= 11 is 1.64. The number of hydrogen-bond acceptors (Lipinski definition) is 2. The maximum Gasteiger partial charge on any atom is 0.323 e. The molecule has 3 nitrogen and oxygen atoms in total. The van der Waals surface area contributed by atoms with E-state index < -0.39 is 0 Å². The summed E-state index contributed by atoms with van der Waals surface area (Å²) in [6.45, 7) is 0. The summed E-state index contributed by atoms with van der Waals surface area (Å²) in [5.41, 5.74) is 0.819. The Hall–Kier alpha value is -2.20. The van der Waals surface area contributed by atoms with Crippen molar-refractivity contribution in [2.24, 2.45) is 5.92 Å². The second-order valence-corrected chi connectivity index (χ2v) is 7.38. The highest BCUT2D eigenvalue weighted by molar-refractivity contribution is 7.99. The van der Waals surface area contributed by atoms with Gasteiger partial charge in [0, 0.05) is 16.0 Å². The van der Waals surface area contributed by atoms with Crippen molar-refractivity contribution in [3.63, 3.8) is 0 Å². The van der Waals surface area contributed by atoms with Crippen molar-refractivity contribution >= 4 is 23.5 Å². The molecule has 0 unspecified atom stereocenters. The molecule has 0 radical (unpaired) electrons. The van der Waals surface area contributed by atoms with E-state index in [1.165, 1.54) is 32.1 Å². The fourth-order valence-corrected chi connectivity index (χ4v) is 3.94. The molecule has 0 bridgehead atoms. The van der Waals surface area contributed by atoms with Gasteiger partial charge in [-0.15, -0.1) is 0 Å². The molecule has 1 saturated carbocycles. The van der Waals surface area contributed by atoms with Gasteiger partial charge in [0.25, 0.3) is 0 Å². The maximum absolute atomic E-state index is 12.2. The predicted octanol–water partition coefficient (Wildman–Crippen LogP) is 6.05. The van der Waals surface area contributed by atoms with Gasteiger partial charge in [0.05, 0.1) is 5.69 Å². The minimum atomic E-state index is -0.201. The first-order valence-electron chi connectivity index (χ1n) is 8.87. The number of urea groups is 1. The zero-order valence-corrected chi connectivity index (χ0v) is 15.1. The molecule has 0 aromatic heterocycles. The van der Waals surface area contributed by atoms with E-state index in [0.717, 1.165) is 15.5 Å². The van der Waals surface area contributed by atoms with E-state index in [9.17, 15) is 4.79 Å². The fourth-order valence-electron chi connectivity index (χ4n) is 3.02. The third-order valence-corrected chi connectivity index (χ3v) is 5.42. The van der Waals surface area contributed by atoms with E-state index in [4.69, 9.17) is 0 Å². The van der Waals surface area contributed by atoms with Gasteiger partial charge in [-0.1, -0.05) is 67.4 Å². The summed E-state index contributed by atoms with van der Waals surface area (Å²) in [5.74, 6) is 0.606. The molecule has 1 aliphatic carbocycles. The number of nitrogens with one attached hydrogen (secondary N) is 2. The van der Waals surface area contributed by atoms with Gasteiger partial charge in [0.15, 0.2) is 0 Å². The summed E-state index contributed by atoms with van der Waals surface area (Å²) in [7, 11) is 0. The Kier molecular flexibility index (Phi) is 6.57. The number of benzene rings is 2. The van der Waals surface area contributed by atoms with Crippen molar-refractivity contribution in [3.8, 4) is 0 Å². The van der Waals surface area contributed by atoms with Crippen LogP contribution in [0.15, 0.2) is 76.7 Å². The first-order valence-corrected chi connectivity index (χ1v) is 9.69. The number of para-hydroxylation sites is 1. The van der Waals surface area contributed by atoms with Crippen molar-refractivity contribution in [1.29, 1.82) is 0 Å². The van der Waals surface area contributed by atoms with Crippen LogP contribution in [0.3, 0.4) is 0 Å². The monoisotopic (exact) mass is 352 g/mol. The standard InChI is InChI=1S/C21H24N2OS/c24-21(22-16-15-17-9-3-1-4-10-17)23-19-13-7-8-14-20(19)25-18-11-5-2-6-12-18/h2,5-8,11-17H,1,3-4,9-10H2,(H2,22,23,24)/b16-15+. The zero-order chi connectivity index (χ0) is 17.3. The zero-order valence-electron chi connectivity index (χ0n) is 14.3. The van der Waals surface area contributed by atoms with Crippen LogP contribution in [-0.2, 0) is 0 Å². The van der Waals surface area contributed by atoms with Gasteiger partial charge in [0.1, 0.15) is 0 Å². The largest absolute Gasteiger partial charge is 0.323 e. The molecule has 3 rings (SSSR count). The number of allylic oxidation sites excluding steroid dienone is 1. The summed E-state index contributed by atoms with van der Waals surface area (Å²) in [4.78, 5) is 14.4. The van der Waals surface area contributed by atoms with E-state index in [1.807, 2.05) is 42.5 Å². The number of hydrogen-bond donors (Lipinski definition) is 2. The second kappa shape index (κ2) is 9.33. The van der Waals surface area contributed by atoms with Crippen molar-refractivity contribution in [1.82, 2.24) is 5.32 Å². The lowest BCUT2D eigenvalue weighted by atomic mass is 9.89. The van der Waals surface area contributed by atoms with Crippen LogP contribution >= 0.6 is 11.8 Å². The Morgan fingerprint density at radius 2 is 1.68 bits per heavy atom. The first-order chi connectivity index (χ1) is 12.3. The Labute approximate surface area is 153 Å². The molecule has 130 valence electrons. The summed E-state index contributed by atoms with van der Waals surface area (Å²) in [6, 6.07) is 17.8. The molecular formula is C21H24N2OS. The van der Waals surface area contributed by atoms with E-state index in [0.29, 0.717) is 5.92 Å². The first kappa shape index (κ1) is 17.6. The number of carbonyl (C=O) groups is 1. The number of rotatable bonds is 5. The lowest BCUT2D eigenvalue weighted by Crippen LogP contribution is -2.24. The van der Waals surface area contributed by atoms with Crippen LogP contribution in [-0.4, -0.2) is 6.03 Å². The van der Waals surface area contributed by atoms with Crippen LogP contribution in [0.1, 0.15) is 32.1 Å². The van der Waals surface area contributed by atoms with Gasteiger partial charge in [-0.25, -0.2) is 4.79 Å². The van der Waals surface area contributed by atoms with E-state index >= 15 is 0 Å². The molecule has 1 fully saturated rings. The van der Waals surface area contributed by atoms with Crippen molar-refractivity contribution in [2.75, 3.05) is 5.32 Å². The number of amides is 2. The minimum absolute atomic E-state index is 0.201. The summed E-state index contributed by atoms with van der Waals surface area (Å²) in [5, 5.41) is 5.78. The van der Waals surface area contributed by atoms with Gasteiger partial charge in [0.2, 0.25) is 0 Å². The highest BCUT2D eigenvalue weighted by Gasteiger charge is 2.10. The van der Waals surface area contributed by atoms with Crippen molar-refractivity contribution < 1.29 is 4.79 Å². The molecule has 0 heterocycles. The number of anilines is 1.